The molecule has 4 nitrogen and oxygen atoms in total. The lowest BCUT2D eigenvalue weighted by molar-refractivity contribution is 0.470. The molecule has 18 heavy (non-hydrogen) atoms. The zero-order valence-corrected chi connectivity index (χ0v) is 11.3. The van der Waals surface area contributed by atoms with Crippen LogP contribution in [0.1, 0.15) is 0 Å². The Labute approximate surface area is 114 Å². The number of anilines is 1. The molecule has 0 amide bonds. The lowest BCUT2D eigenvalue weighted by Gasteiger charge is -2.28. The van der Waals surface area contributed by atoms with Crippen LogP contribution in [0.4, 0.5) is 5.82 Å². The van der Waals surface area contributed by atoms with Gasteiger partial charge in [0.15, 0.2) is 0 Å². The Morgan fingerprint density at radius 2 is 2.06 bits per heavy atom. The summed E-state index contributed by atoms with van der Waals surface area (Å²) in [5, 5.41) is 15.0. The Kier molecular flexibility index (Phi) is 3.25. The van der Waals surface area contributed by atoms with Gasteiger partial charge < -0.3 is 10.6 Å². The van der Waals surface area contributed by atoms with Gasteiger partial charge >= 0.3 is 0 Å². The van der Waals surface area contributed by atoms with Crippen LogP contribution >= 0.6 is 15.9 Å². The van der Waals surface area contributed by atoms with Crippen molar-refractivity contribution in [2.45, 2.75) is 6.04 Å². The van der Waals surface area contributed by atoms with Crippen LogP contribution in [-0.4, -0.2) is 29.3 Å². The summed E-state index contributed by atoms with van der Waals surface area (Å²) in [5.74, 6) is 0.834. The maximum atomic E-state index is 4.25. The van der Waals surface area contributed by atoms with Gasteiger partial charge in [-0.3, -0.25) is 0 Å². The second kappa shape index (κ2) is 5.04. The average Bonchev–Trinajstić information content (AvgIpc) is 2.35. The van der Waals surface area contributed by atoms with Crippen LogP contribution in [-0.2, 0) is 0 Å². The first-order valence-corrected chi connectivity index (χ1v) is 6.67. The highest BCUT2D eigenvalue weighted by atomic mass is 79.9. The van der Waals surface area contributed by atoms with Crippen molar-refractivity contribution in [1.29, 1.82) is 0 Å². The van der Waals surface area contributed by atoms with Crippen molar-refractivity contribution < 1.29 is 0 Å². The summed E-state index contributed by atoms with van der Waals surface area (Å²) in [4.78, 5) is 0. The molecule has 2 N–H and O–H groups in total. The van der Waals surface area contributed by atoms with Gasteiger partial charge in [-0.05, 0) is 24.3 Å². The van der Waals surface area contributed by atoms with E-state index in [4.69, 9.17) is 0 Å². The second-order valence-corrected chi connectivity index (χ2v) is 5.23. The third-order valence-electron chi connectivity index (χ3n) is 2.92. The summed E-state index contributed by atoms with van der Waals surface area (Å²) in [7, 11) is 0. The summed E-state index contributed by atoms with van der Waals surface area (Å²) in [6.07, 6.45) is 0. The molecule has 0 atom stereocenters. The summed E-state index contributed by atoms with van der Waals surface area (Å²) in [5.41, 5.74) is 1.95. The number of hydrogen-bond donors (Lipinski definition) is 2. The minimum atomic E-state index is 0.482. The fourth-order valence-electron chi connectivity index (χ4n) is 1.81. The summed E-state index contributed by atoms with van der Waals surface area (Å²) in [6.45, 7) is 1.99. The molecule has 1 aliphatic rings. The summed E-state index contributed by atoms with van der Waals surface area (Å²) >= 11 is 3.46. The van der Waals surface area contributed by atoms with Crippen molar-refractivity contribution >= 4 is 21.7 Å². The molecule has 0 bridgehead atoms. The van der Waals surface area contributed by atoms with Crippen LogP contribution in [0.2, 0.25) is 0 Å². The molecular formula is C13H13BrN4. The third-order valence-corrected chi connectivity index (χ3v) is 3.41. The van der Waals surface area contributed by atoms with Crippen LogP contribution < -0.4 is 10.6 Å². The minimum absolute atomic E-state index is 0.482. The van der Waals surface area contributed by atoms with Crippen LogP contribution in [0, 0.1) is 0 Å². The minimum Gasteiger partial charge on any atom is -0.363 e. The fraction of sp³-hybridized carbons (Fsp3) is 0.231. The molecule has 1 saturated heterocycles. The zero-order chi connectivity index (χ0) is 12.4. The molecule has 2 aromatic rings. The van der Waals surface area contributed by atoms with Crippen molar-refractivity contribution in [3.63, 3.8) is 0 Å². The average molecular weight is 305 g/mol. The predicted molar refractivity (Wildman–Crippen MR) is 75.4 cm³/mol. The van der Waals surface area contributed by atoms with Gasteiger partial charge in [0.25, 0.3) is 0 Å². The summed E-state index contributed by atoms with van der Waals surface area (Å²) < 4.78 is 1.05. The molecular weight excluding hydrogens is 292 g/mol. The van der Waals surface area contributed by atoms with Crippen molar-refractivity contribution in [2.75, 3.05) is 18.4 Å². The van der Waals surface area contributed by atoms with Crippen molar-refractivity contribution in [2.24, 2.45) is 0 Å². The van der Waals surface area contributed by atoms with Crippen LogP contribution in [0.15, 0.2) is 40.9 Å². The van der Waals surface area contributed by atoms with Gasteiger partial charge in [0.05, 0.1) is 11.7 Å². The van der Waals surface area contributed by atoms with Crippen LogP contribution in [0.5, 0.6) is 0 Å². The lowest BCUT2D eigenvalue weighted by Crippen LogP contribution is -2.51. The molecule has 0 radical (unpaired) electrons. The highest BCUT2D eigenvalue weighted by Crippen LogP contribution is 2.21. The standard InChI is InChI=1S/C13H13BrN4/c14-10-3-1-2-9(6-10)12-4-5-13(18-17-12)16-11-7-15-8-11/h1-6,11,15H,7-8H2,(H,16,18). The van der Waals surface area contributed by atoms with Crippen molar-refractivity contribution in [3.05, 3.63) is 40.9 Å². The Hall–Kier alpha value is -1.46. The molecule has 1 aromatic carbocycles. The fourth-order valence-corrected chi connectivity index (χ4v) is 2.21. The first kappa shape index (κ1) is 11.6. The first-order chi connectivity index (χ1) is 8.81. The topological polar surface area (TPSA) is 49.8 Å². The Morgan fingerprint density at radius 1 is 1.17 bits per heavy atom. The number of halogens is 1. The molecule has 0 spiro atoms. The lowest BCUT2D eigenvalue weighted by atomic mass is 10.1. The van der Waals surface area contributed by atoms with Gasteiger partial charge in [0.2, 0.25) is 0 Å². The number of aromatic nitrogens is 2. The maximum absolute atomic E-state index is 4.25. The van der Waals surface area contributed by atoms with Gasteiger partial charge in [0, 0.05) is 23.1 Å². The number of benzene rings is 1. The Bertz CT molecular complexity index is 537. The van der Waals surface area contributed by atoms with E-state index in [1.807, 2.05) is 36.4 Å². The van der Waals surface area contributed by atoms with E-state index in [1.165, 1.54) is 0 Å². The summed E-state index contributed by atoms with van der Waals surface area (Å²) in [6, 6.07) is 12.5. The van der Waals surface area contributed by atoms with Crippen molar-refractivity contribution in [1.82, 2.24) is 15.5 Å². The van der Waals surface area contributed by atoms with Gasteiger partial charge in [-0.2, -0.15) is 0 Å². The number of nitrogens with zero attached hydrogens (tertiary/aromatic N) is 2. The molecule has 1 aliphatic heterocycles. The van der Waals surface area contributed by atoms with E-state index in [0.29, 0.717) is 6.04 Å². The molecule has 1 aromatic heterocycles. The maximum Gasteiger partial charge on any atom is 0.148 e. The normalized spacial score (nSPS) is 15.2. The molecule has 0 aliphatic carbocycles. The largest absolute Gasteiger partial charge is 0.363 e. The van der Waals surface area contributed by atoms with Gasteiger partial charge in [-0.25, -0.2) is 0 Å². The molecule has 0 unspecified atom stereocenters. The van der Waals surface area contributed by atoms with E-state index in [2.05, 4.69) is 36.8 Å². The SMILES string of the molecule is Brc1cccc(-c2ccc(NC3CNC3)nn2)c1. The third kappa shape index (κ3) is 2.52. The quantitative estimate of drug-likeness (QED) is 0.913. The Balaban J connectivity index is 1.77. The number of rotatable bonds is 3. The molecule has 92 valence electrons. The van der Waals surface area contributed by atoms with E-state index in [1.54, 1.807) is 0 Å². The molecule has 1 fully saturated rings. The Morgan fingerprint density at radius 3 is 2.67 bits per heavy atom. The predicted octanol–water partition coefficient (Wildman–Crippen LogP) is 2.29. The first-order valence-electron chi connectivity index (χ1n) is 5.88. The van der Waals surface area contributed by atoms with E-state index in [0.717, 1.165) is 34.6 Å². The van der Waals surface area contributed by atoms with E-state index in [9.17, 15) is 0 Å². The van der Waals surface area contributed by atoms with E-state index in [-0.39, 0.29) is 0 Å². The van der Waals surface area contributed by atoms with Crippen molar-refractivity contribution in [3.8, 4) is 11.3 Å². The van der Waals surface area contributed by atoms with Gasteiger partial charge in [-0.15, -0.1) is 10.2 Å². The smallest absolute Gasteiger partial charge is 0.148 e. The van der Waals surface area contributed by atoms with Gasteiger partial charge in [0.1, 0.15) is 5.82 Å². The van der Waals surface area contributed by atoms with Crippen LogP contribution in [0.25, 0.3) is 11.3 Å². The molecule has 0 saturated carbocycles. The highest BCUT2D eigenvalue weighted by Gasteiger charge is 2.16. The molecule has 5 heteroatoms. The van der Waals surface area contributed by atoms with E-state index >= 15 is 0 Å². The van der Waals surface area contributed by atoms with Gasteiger partial charge in [-0.1, -0.05) is 28.1 Å². The zero-order valence-electron chi connectivity index (χ0n) is 9.73. The molecule has 2 heterocycles. The van der Waals surface area contributed by atoms with E-state index < -0.39 is 0 Å². The monoisotopic (exact) mass is 304 g/mol. The number of hydrogen-bond acceptors (Lipinski definition) is 4. The van der Waals surface area contributed by atoms with Crippen LogP contribution in [0.3, 0.4) is 0 Å². The highest BCUT2D eigenvalue weighted by molar-refractivity contribution is 9.10. The second-order valence-electron chi connectivity index (χ2n) is 4.31. The number of nitrogens with one attached hydrogen (secondary N) is 2. The molecule has 3 rings (SSSR count).